The van der Waals surface area contributed by atoms with Gasteiger partial charge < -0.3 is 48.5 Å². The number of ether oxygens (including phenoxy) is 4. The molecule has 4 aromatic heterocycles. The van der Waals surface area contributed by atoms with Gasteiger partial charge in [-0.05, 0) is 125 Å². The van der Waals surface area contributed by atoms with Gasteiger partial charge in [0.25, 0.3) is 0 Å². The van der Waals surface area contributed by atoms with Gasteiger partial charge in [0.1, 0.15) is 25.5 Å². The minimum Gasteiger partial charge on any atom is -0.476 e. The van der Waals surface area contributed by atoms with Gasteiger partial charge in [0.05, 0.1) is 24.9 Å². The molecule has 0 atom stereocenters. The number of nitrogens with one attached hydrogen (secondary N) is 2. The lowest BCUT2D eigenvalue weighted by molar-refractivity contribution is -0.124. The van der Waals surface area contributed by atoms with E-state index in [4.69, 9.17) is 18.9 Å². The number of rotatable bonds is 27. The molecule has 0 aliphatic carbocycles. The van der Waals surface area contributed by atoms with Crippen molar-refractivity contribution in [1.82, 2.24) is 39.5 Å². The zero-order valence-corrected chi connectivity index (χ0v) is 56.4. The van der Waals surface area contributed by atoms with E-state index in [2.05, 4.69) is 39.9 Å². The lowest BCUT2D eigenvalue weighted by Gasteiger charge is -2.26. The van der Waals surface area contributed by atoms with E-state index in [0.29, 0.717) is 83.4 Å². The first-order valence-corrected chi connectivity index (χ1v) is 34.8. The number of aromatic nitrogens is 4. The largest absolute Gasteiger partial charge is 0.476 e. The number of carbonyl (C=O) groups excluding carboxylic acids is 3. The number of likely N-dealkylation sites (N-methyl/N-ethyl adjacent to an activating group) is 2. The topological polar surface area (TPSA) is 156 Å². The molecular weight excluding hydrogens is 1240 g/mol. The first-order valence-electron chi connectivity index (χ1n) is 31.1. The number of alkyl halides is 6. The number of benzene rings is 4. The summed E-state index contributed by atoms with van der Waals surface area (Å²) < 4.78 is 110. The number of aromatic amines is 1. The Balaban J connectivity index is 0.000000282. The predicted octanol–water partition coefficient (Wildman–Crippen LogP) is 15.6. The highest BCUT2D eigenvalue weighted by Crippen LogP contribution is 2.42. The summed E-state index contributed by atoms with van der Waals surface area (Å²) in [4.78, 5) is 52.8. The van der Waals surface area contributed by atoms with Crippen LogP contribution >= 0.6 is 0 Å². The third-order valence-corrected chi connectivity index (χ3v) is 16.3. The molecule has 0 unspecified atom stereocenters. The van der Waals surface area contributed by atoms with Gasteiger partial charge in [0.15, 0.2) is 0 Å². The van der Waals surface area contributed by atoms with Crippen molar-refractivity contribution < 1.29 is 59.7 Å². The summed E-state index contributed by atoms with van der Waals surface area (Å²) >= 11 is 0. The average Bonchev–Trinajstić information content (AvgIpc) is 1.76. The van der Waals surface area contributed by atoms with Crippen LogP contribution < -0.4 is 14.8 Å². The molecule has 0 saturated carbocycles. The van der Waals surface area contributed by atoms with Crippen LogP contribution in [0.1, 0.15) is 67.0 Å². The van der Waals surface area contributed by atoms with E-state index >= 15 is 0 Å². The molecule has 0 saturated heterocycles. The molecule has 8 rings (SSSR count). The molecule has 8 aromatic rings. The maximum Gasteiger partial charge on any atom is 0.410 e. The molecule has 4 heterocycles. The first kappa shape index (κ1) is 73.2. The fourth-order valence-corrected chi connectivity index (χ4v) is 10.6. The quantitative estimate of drug-likeness (QED) is 0.0167. The molecule has 0 spiro atoms. The Bertz CT molecular complexity index is 3930. The standard InChI is InChI=1S/C42H53F3N4O5Si.C31H31F3N4O2/c1-41(2,3)54-40(51)48(21-12-15-38(50)47(4)5)23-24-53-37-19-17-34(29-46-37)39(35(28-42(43,44)45)31-13-10-9-11-14-31)33-16-18-36-32(27-33)20-22-49(36)30-52-25-26-55(6,7)8;1-38(2)29(39)9-6-15-35-17-18-40-28-13-11-25(21-37-28)30(24-10-12-27-23(19-24)14-16-36-27)26(20-31(32,33)34)22-7-4-3-5-8-22/h9-20,22,27,29H,21,23-26,28,30H2,1-8H3;3-14,16,19,21,35-36H,15,17-18,20H2,1-2H3/b15-12+,39-35-;9-6+,30-26-. The van der Waals surface area contributed by atoms with E-state index in [-0.39, 0.29) is 48.5 Å². The van der Waals surface area contributed by atoms with Crippen LogP contribution in [0.3, 0.4) is 0 Å². The van der Waals surface area contributed by atoms with Gasteiger partial charge in [0, 0.05) is 134 Å². The van der Waals surface area contributed by atoms with E-state index in [0.717, 1.165) is 27.8 Å². The zero-order chi connectivity index (χ0) is 68.9. The summed E-state index contributed by atoms with van der Waals surface area (Å²) in [6.07, 6.45) is 1.27. The lowest BCUT2D eigenvalue weighted by atomic mass is 9.88. The van der Waals surface area contributed by atoms with Crippen LogP contribution in [0.5, 0.6) is 11.8 Å². The van der Waals surface area contributed by atoms with Gasteiger partial charge in [-0.2, -0.15) is 26.3 Å². The highest BCUT2D eigenvalue weighted by molar-refractivity contribution is 6.76. The van der Waals surface area contributed by atoms with Crippen molar-refractivity contribution in [3.8, 4) is 11.8 Å². The van der Waals surface area contributed by atoms with Crippen molar-refractivity contribution >= 4 is 70.1 Å². The molecule has 2 N–H and O–H groups in total. The zero-order valence-electron chi connectivity index (χ0n) is 55.4. The minimum absolute atomic E-state index is 0.0443. The minimum atomic E-state index is -4.48. The Morgan fingerprint density at radius 1 is 0.611 bits per heavy atom. The molecule has 95 heavy (non-hydrogen) atoms. The van der Waals surface area contributed by atoms with Crippen molar-refractivity contribution in [1.29, 1.82) is 0 Å². The number of nitrogens with zero attached hydrogens (tertiary/aromatic N) is 6. The highest BCUT2D eigenvalue weighted by Gasteiger charge is 2.33. The summed E-state index contributed by atoms with van der Waals surface area (Å²) in [5.41, 5.74) is 5.49. The van der Waals surface area contributed by atoms with E-state index in [9.17, 15) is 40.7 Å². The maximum absolute atomic E-state index is 14.3. The number of fused-ring (bicyclic) bond motifs is 2. The fraction of sp³-hybridized carbons (Fsp3) is 0.329. The van der Waals surface area contributed by atoms with Gasteiger partial charge in [-0.15, -0.1) is 0 Å². The van der Waals surface area contributed by atoms with Gasteiger partial charge in [-0.3, -0.25) is 9.59 Å². The number of halogens is 6. The summed E-state index contributed by atoms with van der Waals surface area (Å²) in [6, 6.07) is 40.0. The molecule has 15 nitrogen and oxygen atoms in total. The molecule has 4 aromatic carbocycles. The van der Waals surface area contributed by atoms with Gasteiger partial charge >= 0.3 is 18.4 Å². The number of hydrogen-bond donors (Lipinski definition) is 2. The summed E-state index contributed by atoms with van der Waals surface area (Å²) in [5.74, 6) is 0.278. The van der Waals surface area contributed by atoms with Crippen LogP contribution in [0.4, 0.5) is 31.1 Å². The smallest absolute Gasteiger partial charge is 0.410 e. The lowest BCUT2D eigenvalue weighted by Crippen LogP contribution is -2.39. The third-order valence-electron chi connectivity index (χ3n) is 14.6. The van der Waals surface area contributed by atoms with Crippen LogP contribution in [0.15, 0.2) is 183 Å². The number of allylic oxidation sites excluding steroid dienone is 2. The molecule has 0 aliphatic heterocycles. The number of hydrogen-bond acceptors (Lipinski definition) is 10. The monoisotopic (exact) mass is 1330 g/mol. The van der Waals surface area contributed by atoms with Crippen molar-refractivity contribution in [2.75, 3.05) is 74.2 Å². The Morgan fingerprint density at radius 3 is 1.65 bits per heavy atom. The molecule has 0 fully saturated rings. The Labute approximate surface area is 552 Å². The highest BCUT2D eigenvalue weighted by atomic mass is 28.3. The van der Waals surface area contributed by atoms with Crippen LogP contribution in [0, 0.1) is 0 Å². The second kappa shape index (κ2) is 33.7. The molecule has 22 heteroatoms. The Morgan fingerprint density at radius 2 is 1.14 bits per heavy atom. The maximum atomic E-state index is 14.3. The van der Waals surface area contributed by atoms with Crippen molar-refractivity contribution in [2.24, 2.45) is 0 Å². The molecule has 0 aliphatic rings. The predicted molar refractivity (Wildman–Crippen MR) is 366 cm³/mol. The van der Waals surface area contributed by atoms with E-state index in [1.807, 2.05) is 59.3 Å². The van der Waals surface area contributed by atoms with Gasteiger partial charge in [0.2, 0.25) is 23.6 Å². The summed E-state index contributed by atoms with van der Waals surface area (Å²) in [6.45, 7) is 14.9. The van der Waals surface area contributed by atoms with Crippen molar-refractivity contribution in [3.63, 3.8) is 0 Å². The van der Waals surface area contributed by atoms with E-state index in [1.54, 1.807) is 158 Å². The fourth-order valence-electron chi connectivity index (χ4n) is 9.82. The third kappa shape index (κ3) is 23.6. The van der Waals surface area contributed by atoms with Gasteiger partial charge in [-0.25, -0.2) is 14.8 Å². The van der Waals surface area contributed by atoms with Crippen LogP contribution in [-0.2, 0) is 25.8 Å². The normalized spacial score (nSPS) is 12.7. The molecule has 0 bridgehead atoms. The Kier molecular flexibility index (Phi) is 26.0. The Hall–Kier alpha value is -9.25. The second-order valence-electron chi connectivity index (χ2n) is 25.1. The summed E-state index contributed by atoms with van der Waals surface area (Å²) in [7, 11) is 5.39. The first-order chi connectivity index (χ1) is 45.0. The number of amides is 3. The number of carbonyl (C=O) groups is 3. The van der Waals surface area contributed by atoms with E-state index in [1.165, 1.54) is 33.0 Å². The van der Waals surface area contributed by atoms with Gasteiger partial charge in [-0.1, -0.05) is 105 Å². The van der Waals surface area contributed by atoms with E-state index < -0.39 is 45.0 Å². The molecule has 3 amide bonds. The second-order valence-corrected chi connectivity index (χ2v) is 30.7. The summed E-state index contributed by atoms with van der Waals surface area (Å²) in [5, 5.41) is 4.91. The SMILES string of the molecule is CN(C)C(=O)/C=C/CN(CCOc1ccc(/C(=C(/CC(F)(F)F)c2ccccc2)c2ccc3c(ccn3COCC[Si](C)(C)C)c2)cn1)C(=O)OC(C)(C)C.CN(C)C(=O)/C=C/CNCCOc1ccc(/C(=C(/CC(F)(F)F)c2ccccc2)c2ccc3[nH]ccc3c2)cn1. The van der Waals surface area contributed by atoms with Crippen LogP contribution in [0.2, 0.25) is 25.7 Å². The van der Waals surface area contributed by atoms with Crippen LogP contribution in [-0.4, -0.2) is 152 Å². The van der Waals surface area contributed by atoms with Crippen molar-refractivity contribution in [3.05, 3.63) is 216 Å². The molecule has 0 radical (unpaired) electrons. The average molecular weight is 1330 g/mol. The van der Waals surface area contributed by atoms with Crippen LogP contribution in [0.25, 0.3) is 44.1 Å². The van der Waals surface area contributed by atoms with Crippen molar-refractivity contribution in [2.45, 2.75) is 84.0 Å². The molecule has 504 valence electrons. The molecular formula is C73H84F6N8O7Si. The number of H-pyrrole nitrogens is 1. The number of pyridine rings is 2.